The number of benzene rings is 3. The molecule has 3 aromatic carbocycles. The van der Waals surface area contributed by atoms with E-state index in [9.17, 15) is 9.18 Å². The minimum atomic E-state index is -0.428. The quantitative estimate of drug-likeness (QED) is 0.354. The number of nitrogens with one attached hydrogen (secondary N) is 1. The van der Waals surface area contributed by atoms with Crippen LogP contribution in [-0.4, -0.2) is 15.7 Å². The van der Waals surface area contributed by atoms with Gasteiger partial charge in [-0.05, 0) is 29.7 Å². The van der Waals surface area contributed by atoms with E-state index in [4.69, 9.17) is 9.15 Å². The van der Waals surface area contributed by atoms with E-state index >= 15 is 0 Å². The summed E-state index contributed by atoms with van der Waals surface area (Å²) >= 11 is 0. The number of halogens is 1. The summed E-state index contributed by atoms with van der Waals surface area (Å²) in [5.41, 5.74) is 0.514. The molecule has 0 unspecified atom stereocenters. The molecule has 1 N–H and O–H groups in total. The van der Waals surface area contributed by atoms with Gasteiger partial charge in [0.1, 0.15) is 23.9 Å². The highest BCUT2D eigenvalue weighted by atomic mass is 19.1. The van der Waals surface area contributed by atoms with Gasteiger partial charge in [0, 0.05) is 23.2 Å². The second-order valence-electron chi connectivity index (χ2n) is 7.48. The van der Waals surface area contributed by atoms with Gasteiger partial charge in [-0.15, -0.1) is 0 Å². The number of anilines is 1. The van der Waals surface area contributed by atoms with Gasteiger partial charge >= 0.3 is 0 Å². The standard InChI is InChI=1S/C26H20FN3O3/c27-22-10-4-2-7-19(22)16-30-15-14-25(29-30)28-26(31)24-13-12-20(33-24)17-32-23-11-5-8-18-6-1-3-9-21(18)23/h1-15H,16-17H2,(H,28,29,31). The van der Waals surface area contributed by atoms with E-state index < -0.39 is 5.91 Å². The first-order valence-corrected chi connectivity index (χ1v) is 10.4. The maximum Gasteiger partial charge on any atom is 0.292 e. The van der Waals surface area contributed by atoms with Gasteiger partial charge in [-0.25, -0.2) is 4.39 Å². The van der Waals surface area contributed by atoms with Crippen LogP contribution in [0.1, 0.15) is 21.9 Å². The first-order chi connectivity index (χ1) is 16.2. The second-order valence-corrected chi connectivity index (χ2v) is 7.48. The van der Waals surface area contributed by atoms with E-state index in [0.29, 0.717) is 17.1 Å². The number of fused-ring (bicyclic) bond motifs is 1. The maximum atomic E-state index is 13.8. The molecule has 0 aliphatic heterocycles. The predicted octanol–water partition coefficient (Wildman–Crippen LogP) is 5.65. The Balaban J connectivity index is 1.21. The summed E-state index contributed by atoms with van der Waals surface area (Å²) in [6.45, 7) is 0.456. The molecule has 164 valence electrons. The highest BCUT2D eigenvalue weighted by Crippen LogP contribution is 2.26. The Hall–Kier alpha value is -4.39. The number of carbonyl (C=O) groups excluding carboxylic acids is 1. The zero-order valence-electron chi connectivity index (χ0n) is 17.6. The van der Waals surface area contributed by atoms with Crippen LogP contribution in [0.25, 0.3) is 10.8 Å². The number of nitrogens with zero attached hydrogens (tertiary/aromatic N) is 2. The van der Waals surface area contributed by atoms with Gasteiger partial charge in [-0.3, -0.25) is 9.48 Å². The highest BCUT2D eigenvalue weighted by Gasteiger charge is 2.14. The molecule has 7 heteroatoms. The van der Waals surface area contributed by atoms with Crippen molar-refractivity contribution in [3.05, 3.63) is 114 Å². The van der Waals surface area contributed by atoms with E-state index in [1.165, 1.54) is 6.07 Å². The number of rotatable bonds is 7. The van der Waals surface area contributed by atoms with Crippen molar-refractivity contribution in [2.24, 2.45) is 0 Å². The Labute approximate surface area is 189 Å². The lowest BCUT2D eigenvalue weighted by atomic mass is 10.1. The monoisotopic (exact) mass is 441 g/mol. The summed E-state index contributed by atoms with van der Waals surface area (Å²) < 4.78 is 26.9. The van der Waals surface area contributed by atoms with Crippen molar-refractivity contribution < 1.29 is 18.3 Å². The Morgan fingerprint density at radius 1 is 0.970 bits per heavy atom. The van der Waals surface area contributed by atoms with Gasteiger partial charge in [0.2, 0.25) is 0 Å². The molecule has 2 heterocycles. The number of ether oxygens (including phenoxy) is 1. The van der Waals surface area contributed by atoms with Crippen LogP contribution in [0, 0.1) is 5.82 Å². The average Bonchev–Trinajstić information content (AvgIpc) is 3.49. The van der Waals surface area contributed by atoms with Crippen molar-refractivity contribution in [2.45, 2.75) is 13.2 Å². The van der Waals surface area contributed by atoms with Crippen molar-refractivity contribution in [3.63, 3.8) is 0 Å². The number of hydrogen-bond acceptors (Lipinski definition) is 4. The predicted molar refractivity (Wildman–Crippen MR) is 123 cm³/mol. The van der Waals surface area contributed by atoms with Crippen molar-refractivity contribution >= 4 is 22.5 Å². The molecule has 1 amide bonds. The molecular formula is C26H20FN3O3. The second kappa shape index (κ2) is 9.00. The summed E-state index contributed by atoms with van der Waals surface area (Å²) in [5.74, 6) is 1.04. The zero-order chi connectivity index (χ0) is 22.6. The first kappa shape index (κ1) is 20.5. The molecule has 0 saturated heterocycles. The molecule has 0 aliphatic rings. The molecule has 0 aliphatic carbocycles. The number of hydrogen-bond donors (Lipinski definition) is 1. The molecule has 0 spiro atoms. The van der Waals surface area contributed by atoms with Crippen molar-refractivity contribution in [2.75, 3.05) is 5.32 Å². The lowest BCUT2D eigenvalue weighted by molar-refractivity contribution is 0.0992. The molecule has 0 saturated carbocycles. The number of carbonyl (C=O) groups is 1. The number of aromatic nitrogens is 2. The molecule has 0 radical (unpaired) electrons. The van der Waals surface area contributed by atoms with Crippen LogP contribution in [0.15, 0.2) is 95.5 Å². The largest absolute Gasteiger partial charge is 0.485 e. The van der Waals surface area contributed by atoms with Crippen molar-refractivity contribution in [3.8, 4) is 5.75 Å². The summed E-state index contributed by atoms with van der Waals surface area (Å²) in [7, 11) is 0. The van der Waals surface area contributed by atoms with E-state index in [1.807, 2.05) is 42.5 Å². The molecule has 0 bridgehead atoms. The SMILES string of the molecule is O=C(Nc1ccn(Cc2ccccc2F)n1)c1ccc(COc2cccc3ccccc23)o1. The van der Waals surface area contributed by atoms with E-state index in [-0.39, 0.29) is 24.7 Å². The molecule has 2 aromatic heterocycles. The van der Waals surface area contributed by atoms with E-state index in [0.717, 1.165) is 16.5 Å². The normalized spacial score (nSPS) is 10.9. The van der Waals surface area contributed by atoms with Gasteiger partial charge in [-0.1, -0.05) is 54.6 Å². The van der Waals surface area contributed by atoms with Crippen molar-refractivity contribution in [1.29, 1.82) is 0 Å². The molecule has 0 fully saturated rings. The lowest BCUT2D eigenvalue weighted by Crippen LogP contribution is -2.12. The van der Waals surface area contributed by atoms with Crippen LogP contribution in [0.2, 0.25) is 0 Å². The Bertz CT molecular complexity index is 1420. The summed E-state index contributed by atoms with van der Waals surface area (Å²) in [5, 5.41) is 9.06. The van der Waals surface area contributed by atoms with Gasteiger partial charge in [0.15, 0.2) is 11.6 Å². The number of amides is 1. The van der Waals surface area contributed by atoms with Crippen LogP contribution < -0.4 is 10.1 Å². The fraction of sp³-hybridized carbons (Fsp3) is 0.0769. The molecule has 5 rings (SSSR count). The third-order valence-corrected chi connectivity index (χ3v) is 5.18. The van der Waals surface area contributed by atoms with Gasteiger partial charge < -0.3 is 14.5 Å². The fourth-order valence-electron chi connectivity index (χ4n) is 3.54. The fourth-order valence-corrected chi connectivity index (χ4v) is 3.54. The molecule has 5 aromatic rings. The van der Waals surface area contributed by atoms with E-state index in [2.05, 4.69) is 10.4 Å². The number of furan rings is 1. The third-order valence-electron chi connectivity index (χ3n) is 5.18. The molecule has 0 atom stereocenters. The Kier molecular flexibility index (Phi) is 5.59. The van der Waals surface area contributed by atoms with Crippen LogP contribution in [0.3, 0.4) is 0 Å². The Morgan fingerprint density at radius 2 is 1.79 bits per heavy atom. The van der Waals surface area contributed by atoms with Crippen molar-refractivity contribution in [1.82, 2.24) is 9.78 Å². The minimum Gasteiger partial charge on any atom is -0.485 e. The van der Waals surface area contributed by atoms with Crippen LogP contribution in [0.5, 0.6) is 5.75 Å². The zero-order valence-corrected chi connectivity index (χ0v) is 17.6. The molecular weight excluding hydrogens is 421 g/mol. The smallest absolute Gasteiger partial charge is 0.292 e. The molecule has 6 nitrogen and oxygen atoms in total. The Morgan fingerprint density at radius 3 is 2.70 bits per heavy atom. The first-order valence-electron chi connectivity index (χ1n) is 10.4. The summed E-state index contributed by atoms with van der Waals surface area (Å²) in [4.78, 5) is 12.5. The summed E-state index contributed by atoms with van der Waals surface area (Å²) in [6, 6.07) is 25.3. The van der Waals surface area contributed by atoms with Crippen LogP contribution in [0.4, 0.5) is 10.2 Å². The lowest BCUT2D eigenvalue weighted by Gasteiger charge is -2.07. The van der Waals surface area contributed by atoms with Crippen LogP contribution >= 0.6 is 0 Å². The topological polar surface area (TPSA) is 69.3 Å². The van der Waals surface area contributed by atoms with Crippen LogP contribution in [-0.2, 0) is 13.2 Å². The molecule has 33 heavy (non-hydrogen) atoms. The average molecular weight is 441 g/mol. The van der Waals surface area contributed by atoms with Gasteiger partial charge in [-0.2, -0.15) is 5.10 Å². The van der Waals surface area contributed by atoms with E-state index in [1.54, 1.807) is 47.3 Å². The maximum absolute atomic E-state index is 13.8. The summed E-state index contributed by atoms with van der Waals surface area (Å²) in [6.07, 6.45) is 1.67. The third kappa shape index (κ3) is 4.62. The minimum absolute atomic E-state index is 0.148. The van der Waals surface area contributed by atoms with Gasteiger partial charge in [0.05, 0.1) is 6.54 Å². The highest BCUT2D eigenvalue weighted by molar-refractivity contribution is 6.01. The van der Waals surface area contributed by atoms with Gasteiger partial charge in [0.25, 0.3) is 5.91 Å².